The van der Waals surface area contributed by atoms with Crippen molar-refractivity contribution in [3.63, 3.8) is 0 Å². The van der Waals surface area contributed by atoms with Gasteiger partial charge in [0.25, 0.3) is 0 Å². The predicted octanol–water partition coefficient (Wildman–Crippen LogP) is 3.75. The number of nitrogens with zero attached hydrogens (tertiary/aromatic N) is 2. The van der Waals surface area contributed by atoms with Crippen LogP contribution < -0.4 is 0 Å². The molecule has 1 aromatic carbocycles. The lowest BCUT2D eigenvalue weighted by atomic mass is 10.0. The molecule has 0 radical (unpaired) electrons. The van der Waals surface area contributed by atoms with E-state index in [1.807, 2.05) is 0 Å². The summed E-state index contributed by atoms with van der Waals surface area (Å²) in [6.45, 7) is 7.73. The Bertz CT molecular complexity index is 561. The summed E-state index contributed by atoms with van der Waals surface area (Å²) in [6, 6.07) is 6.66. The highest BCUT2D eigenvalue weighted by molar-refractivity contribution is 5.61. The van der Waals surface area contributed by atoms with Crippen molar-refractivity contribution in [2.24, 2.45) is 5.92 Å². The van der Waals surface area contributed by atoms with Gasteiger partial charge in [-0.3, -0.25) is 0 Å². The van der Waals surface area contributed by atoms with Crippen LogP contribution in [-0.2, 0) is 13.0 Å². The summed E-state index contributed by atoms with van der Waals surface area (Å²) in [5.74, 6) is 2.02. The van der Waals surface area contributed by atoms with Crippen molar-refractivity contribution >= 4 is 0 Å². The van der Waals surface area contributed by atoms with E-state index in [1.165, 1.54) is 28.9 Å². The van der Waals surface area contributed by atoms with Crippen LogP contribution in [0.2, 0.25) is 0 Å². The lowest BCUT2D eigenvalue weighted by Crippen LogP contribution is -2.16. The molecule has 18 heavy (non-hydrogen) atoms. The molecular formula is C16H20N2. The lowest BCUT2D eigenvalue weighted by Gasteiger charge is -2.18. The second-order valence-electron chi connectivity index (χ2n) is 5.71. The van der Waals surface area contributed by atoms with Crippen molar-refractivity contribution in [1.82, 2.24) is 9.55 Å². The van der Waals surface area contributed by atoms with Crippen molar-refractivity contribution in [3.8, 4) is 11.3 Å². The molecule has 1 aliphatic rings. The highest BCUT2D eigenvalue weighted by atomic mass is 15.1. The zero-order chi connectivity index (χ0) is 12.7. The highest BCUT2D eigenvalue weighted by Gasteiger charge is 2.17. The monoisotopic (exact) mass is 240 g/mol. The molecule has 0 spiro atoms. The minimum atomic E-state index is 0.770. The van der Waals surface area contributed by atoms with Gasteiger partial charge in [0.15, 0.2) is 0 Å². The molecule has 0 saturated heterocycles. The molecule has 94 valence electrons. The average Bonchev–Trinajstić information content (AvgIpc) is 2.70. The molecule has 2 nitrogen and oxygen atoms in total. The van der Waals surface area contributed by atoms with E-state index in [1.54, 1.807) is 0 Å². The van der Waals surface area contributed by atoms with Gasteiger partial charge in [-0.15, -0.1) is 0 Å². The third-order valence-corrected chi connectivity index (χ3v) is 3.77. The number of rotatable bonds is 1. The largest absolute Gasteiger partial charge is 0.334 e. The summed E-state index contributed by atoms with van der Waals surface area (Å²) in [5.41, 5.74) is 5.00. The Hall–Kier alpha value is -1.57. The van der Waals surface area contributed by atoms with E-state index in [9.17, 15) is 0 Å². The van der Waals surface area contributed by atoms with Crippen LogP contribution in [0.3, 0.4) is 0 Å². The van der Waals surface area contributed by atoms with E-state index in [4.69, 9.17) is 4.98 Å². The first-order valence-corrected chi connectivity index (χ1v) is 6.76. The summed E-state index contributed by atoms with van der Waals surface area (Å²) in [4.78, 5) is 4.82. The Morgan fingerprint density at radius 2 is 1.89 bits per heavy atom. The van der Waals surface area contributed by atoms with E-state index in [0.717, 1.165) is 24.6 Å². The number of aryl methyl sites for hydroxylation is 3. The van der Waals surface area contributed by atoms with Crippen molar-refractivity contribution < 1.29 is 0 Å². The molecule has 0 aliphatic carbocycles. The maximum atomic E-state index is 4.82. The topological polar surface area (TPSA) is 17.8 Å². The molecule has 0 saturated carbocycles. The zero-order valence-electron chi connectivity index (χ0n) is 11.4. The van der Waals surface area contributed by atoms with E-state index >= 15 is 0 Å². The summed E-state index contributed by atoms with van der Waals surface area (Å²) in [5, 5.41) is 0. The second kappa shape index (κ2) is 4.27. The molecule has 0 bridgehead atoms. The maximum Gasteiger partial charge on any atom is 0.109 e. The molecule has 0 amide bonds. The number of aromatic nitrogens is 2. The van der Waals surface area contributed by atoms with Gasteiger partial charge in [-0.25, -0.2) is 4.98 Å². The first-order chi connectivity index (χ1) is 8.61. The van der Waals surface area contributed by atoms with Gasteiger partial charge in [0.05, 0.1) is 5.69 Å². The molecule has 2 heteroatoms. The number of hydrogen-bond acceptors (Lipinski definition) is 1. The first-order valence-electron chi connectivity index (χ1n) is 6.76. The fraction of sp³-hybridized carbons (Fsp3) is 0.438. The van der Waals surface area contributed by atoms with Gasteiger partial charge >= 0.3 is 0 Å². The Labute approximate surface area is 109 Å². The van der Waals surface area contributed by atoms with Gasteiger partial charge in [-0.2, -0.15) is 0 Å². The van der Waals surface area contributed by atoms with Crippen molar-refractivity contribution in [3.05, 3.63) is 41.3 Å². The Kier molecular flexibility index (Phi) is 2.73. The minimum Gasteiger partial charge on any atom is -0.334 e. The number of hydrogen-bond donors (Lipinski definition) is 0. The average molecular weight is 240 g/mol. The maximum absolute atomic E-state index is 4.82. The zero-order valence-corrected chi connectivity index (χ0v) is 11.4. The molecule has 2 heterocycles. The lowest BCUT2D eigenvalue weighted by molar-refractivity contribution is 0.409. The summed E-state index contributed by atoms with van der Waals surface area (Å²) in [6.07, 6.45) is 4.61. The summed E-state index contributed by atoms with van der Waals surface area (Å²) in [7, 11) is 0. The summed E-state index contributed by atoms with van der Waals surface area (Å²) >= 11 is 0. The van der Waals surface area contributed by atoms with Gasteiger partial charge in [0, 0.05) is 24.7 Å². The Balaban J connectivity index is 2.02. The van der Waals surface area contributed by atoms with Gasteiger partial charge in [0.2, 0.25) is 0 Å². The smallest absolute Gasteiger partial charge is 0.109 e. The van der Waals surface area contributed by atoms with E-state index in [2.05, 4.69) is 49.7 Å². The van der Waals surface area contributed by atoms with Crippen LogP contribution in [0.4, 0.5) is 0 Å². The molecule has 3 rings (SSSR count). The Morgan fingerprint density at radius 3 is 2.61 bits per heavy atom. The highest BCUT2D eigenvalue weighted by Crippen LogP contribution is 2.26. The molecule has 1 atom stereocenters. The van der Waals surface area contributed by atoms with Crippen molar-refractivity contribution in [1.29, 1.82) is 0 Å². The fourth-order valence-electron chi connectivity index (χ4n) is 2.85. The van der Waals surface area contributed by atoms with Crippen LogP contribution in [0.15, 0.2) is 24.4 Å². The SMILES string of the molecule is Cc1cc(C)cc(-c2cn3c(n2)CC(C)CC3)c1. The van der Waals surface area contributed by atoms with Gasteiger partial charge in [-0.1, -0.05) is 24.1 Å². The van der Waals surface area contributed by atoms with Crippen molar-refractivity contribution in [2.45, 2.75) is 40.2 Å². The quantitative estimate of drug-likeness (QED) is 0.742. The molecule has 1 aromatic heterocycles. The minimum absolute atomic E-state index is 0.770. The van der Waals surface area contributed by atoms with E-state index in [0.29, 0.717) is 0 Å². The van der Waals surface area contributed by atoms with Crippen LogP contribution in [0.1, 0.15) is 30.3 Å². The normalized spacial score (nSPS) is 18.7. The van der Waals surface area contributed by atoms with Crippen LogP contribution in [-0.4, -0.2) is 9.55 Å². The third kappa shape index (κ3) is 2.07. The molecule has 0 fully saturated rings. The molecular weight excluding hydrogens is 220 g/mol. The third-order valence-electron chi connectivity index (χ3n) is 3.77. The number of fused-ring (bicyclic) bond motifs is 1. The molecule has 1 unspecified atom stereocenters. The van der Waals surface area contributed by atoms with Gasteiger partial charge in [0.1, 0.15) is 5.82 Å². The van der Waals surface area contributed by atoms with Crippen LogP contribution in [0.5, 0.6) is 0 Å². The van der Waals surface area contributed by atoms with Gasteiger partial charge in [-0.05, 0) is 38.3 Å². The standard InChI is InChI=1S/C16H20N2/c1-11-4-5-18-10-15(17-16(18)9-11)14-7-12(2)6-13(3)8-14/h6-8,10-11H,4-5,9H2,1-3H3. The predicted molar refractivity (Wildman–Crippen MR) is 74.6 cm³/mol. The van der Waals surface area contributed by atoms with Crippen LogP contribution in [0.25, 0.3) is 11.3 Å². The molecule has 2 aromatic rings. The van der Waals surface area contributed by atoms with Crippen LogP contribution in [0, 0.1) is 19.8 Å². The van der Waals surface area contributed by atoms with Gasteiger partial charge < -0.3 is 4.57 Å². The van der Waals surface area contributed by atoms with Crippen LogP contribution >= 0.6 is 0 Å². The van der Waals surface area contributed by atoms with E-state index < -0.39 is 0 Å². The van der Waals surface area contributed by atoms with E-state index in [-0.39, 0.29) is 0 Å². The molecule has 0 N–H and O–H groups in total. The summed E-state index contributed by atoms with van der Waals surface area (Å²) < 4.78 is 2.33. The first kappa shape index (κ1) is 11.5. The number of benzene rings is 1. The fourth-order valence-corrected chi connectivity index (χ4v) is 2.85. The Morgan fingerprint density at radius 1 is 1.17 bits per heavy atom. The second-order valence-corrected chi connectivity index (χ2v) is 5.71. The van der Waals surface area contributed by atoms with Crippen molar-refractivity contribution in [2.75, 3.05) is 0 Å². The molecule has 1 aliphatic heterocycles. The number of imidazole rings is 1.